The van der Waals surface area contributed by atoms with Gasteiger partial charge in [0.2, 0.25) is 12.7 Å². The van der Waals surface area contributed by atoms with E-state index in [1.807, 2.05) is 42.6 Å². The Balaban J connectivity index is 1.44. The second-order valence-electron chi connectivity index (χ2n) is 8.36. The number of rotatable bonds is 8. The van der Waals surface area contributed by atoms with E-state index in [1.54, 1.807) is 0 Å². The van der Waals surface area contributed by atoms with E-state index in [9.17, 15) is 4.79 Å². The summed E-state index contributed by atoms with van der Waals surface area (Å²) >= 11 is 0. The molecule has 0 saturated carbocycles. The number of amides is 1. The molecule has 0 radical (unpaired) electrons. The third kappa shape index (κ3) is 4.31. The van der Waals surface area contributed by atoms with Gasteiger partial charge in [0.05, 0.1) is 0 Å². The molecular formula is C28H28N2O3. The number of aryl methyl sites for hydroxylation is 1. The molecule has 2 N–H and O–H groups in total. The van der Waals surface area contributed by atoms with Crippen molar-refractivity contribution in [3.63, 3.8) is 0 Å². The molecule has 1 amide bonds. The van der Waals surface area contributed by atoms with Crippen LogP contribution in [0.5, 0.6) is 11.5 Å². The molecule has 1 aliphatic rings. The summed E-state index contributed by atoms with van der Waals surface area (Å²) in [6.45, 7) is 2.97. The Bertz CT molecular complexity index is 1260. The van der Waals surface area contributed by atoms with Crippen LogP contribution in [-0.4, -0.2) is 24.2 Å². The van der Waals surface area contributed by atoms with E-state index in [1.165, 1.54) is 11.1 Å². The predicted molar refractivity (Wildman–Crippen MR) is 130 cm³/mol. The Morgan fingerprint density at radius 2 is 1.85 bits per heavy atom. The highest BCUT2D eigenvalue weighted by Gasteiger charge is 2.28. The van der Waals surface area contributed by atoms with Crippen LogP contribution in [-0.2, 0) is 17.6 Å². The number of H-pyrrole nitrogens is 1. The number of aromatic nitrogens is 1. The summed E-state index contributed by atoms with van der Waals surface area (Å²) in [6, 6.07) is 22.5. The zero-order valence-corrected chi connectivity index (χ0v) is 18.8. The van der Waals surface area contributed by atoms with E-state index in [4.69, 9.17) is 9.47 Å². The van der Waals surface area contributed by atoms with Gasteiger partial charge in [-0.2, -0.15) is 0 Å². The molecular weight excluding hydrogens is 412 g/mol. The second-order valence-corrected chi connectivity index (χ2v) is 8.36. The minimum absolute atomic E-state index is 0.0217. The number of carbonyl (C=O) groups is 1. The van der Waals surface area contributed by atoms with E-state index in [0.29, 0.717) is 13.0 Å². The maximum absolute atomic E-state index is 13.1. The van der Waals surface area contributed by atoms with E-state index >= 15 is 0 Å². The lowest BCUT2D eigenvalue weighted by Crippen LogP contribution is -2.27. The summed E-state index contributed by atoms with van der Waals surface area (Å²) < 4.78 is 11.4. The van der Waals surface area contributed by atoms with Crippen LogP contribution in [0.25, 0.3) is 10.9 Å². The van der Waals surface area contributed by atoms with Crippen LogP contribution in [0.15, 0.2) is 72.9 Å². The summed E-state index contributed by atoms with van der Waals surface area (Å²) in [5, 5.41) is 4.26. The Hall–Kier alpha value is -3.73. The molecule has 2 heterocycles. The molecule has 0 aliphatic carbocycles. The van der Waals surface area contributed by atoms with Crippen molar-refractivity contribution >= 4 is 16.8 Å². The zero-order chi connectivity index (χ0) is 22.6. The number of carbonyl (C=O) groups excluding carboxylic acids is 1. The van der Waals surface area contributed by atoms with Crippen molar-refractivity contribution in [2.75, 3.05) is 13.3 Å². The van der Waals surface area contributed by atoms with Crippen molar-refractivity contribution in [3.8, 4) is 11.5 Å². The molecule has 5 nitrogen and oxygen atoms in total. The second kappa shape index (κ2) is 9.41. The van der Waals surface area contributed by atoms with E-state index in [-0.39, 0.29) is 18.6 Å². The highest BCUT2D eigenvalue weighted by atomic mass is 16.7. The number of aromatic amines is 1. The third-order valence-corrected chi connectivity index (χ3v) is 6.36. The fraction of sp³-hybridized carbons (Fsp3) is 0.250. The van der Waals surface area contributed by atoms with Crippen LogP contribution < -0.4 is 14.8 Å². The van der Waals surface area contributed by atoms with Crippen molar-refractivity contribution < 1.29 is 14.3 Å². The number of fused-ring (bicyclic) bond motifs is 2. The van der Waals surface area contributed by atoms with Crippen LogP contribution in [0.2, 0.25) is 0 Å². The van der Waals surface area contributed by atoms with Gasteiger partial charge < -0.3 is 19.8 Å². The molecule has 0 bridgehead atoms. The molecule has 168 valence electrons. The number of nitrogens with one attached hydrogen (secondary N) is 2. The Labute approximate surface area is 193 Å². The standard InChI is InChI=1S/C28H28N2O3/c1-2-20-10-6-11-21-24(17-30-27(20)21)23(22-12-7-13-25-28(22)33-18-32-25)16-26(31)29-15-14-19-8-4-3-5-9-19/h3-13,17,23,30H,2,14-16,18H2,1H3,(H,29,31)/t23-/m0/s1. The minimum atomic E-state index is -0.153. The Morgan fingerprint density at radius 3 is 2.70 bits per heavy atom. The number of ether oxygens (including phenoxy) is 2. The fourth-order valence-electron chi connectivity index (χ4n) is 4.68. The Morgan fingerprint density at radius 1 is 1.00 bits per heavy atom. The molecule has 33 heavy (non-hydrogen) atoms. The topological polar surface area (TPSA) is 63.4 Å². The van der Waals surface area contributed by atoms with Crippen LogP contribution in [0.4, 0.5) is 0 Å². The van der Waals surface area contributed by atoms with Gasteiger partial charge in [-0.05, 0) is 35.6 Å². The number of para-hydroxylation sites is 2. The maximum Gasteiger partial charge on any atom is 0.231 e. The first kappa shape index (κ1) is 21.1. The zero-order valence-electron chi connectivity index (χ0n) is 18.8. The molecule has 1 aliphatic heterocycles. The highest BCUT2D eigenvalue weighted by Crippen LogP contribution is 2.44. The fourth-order valence-corrected chi connectivity index (χ4v) is 4.68. The molecule has 0 saturated heterocycles. The van der Waals surface area contributed by atoms with Crippen LogP contribution in [0.1, 0.15) is 41.5 Å². The Kier molecular flexibility index (Phi) is 6.03. The molecule has 0 fully saturated rings. The van der Waals surface area contributed by atoms with Gasteiger partial charge in [0.1, 0.15) is 0 Å². The monoisotopic (exact) mass is 440 g/mol. The van der Waals surface area contributed by atoms with Gasteiger partial charge in [0.25, 0.3) is 0 Å². The normalized spacial score (nSPS) is 13.2. The van der Waals surface area contributed by atoms with Crippen molar-refractivity contribution in [3.05, 3.63) is 95.2 Å². The average Bonchev–Trinajstić information content (AvgIpc) is 3.50. The largest absolute Gasteiger partial charge is 0.454 e. The van der Waals surface area contributed by atoms with Gasteiger partial charge in [0.15, 0.2) is 11.5 Å². The van der Waals surface area contributed by atoms with Gasteiger partial charge in [0, 0.05) is 41.5 Å². The van der Waals surface area contributed by atoms with Crippen molar-refractivity contribution in [2.24, 2.45) is 0 Å². The molecule has 5 heteroatoms. The van der Waals surface area contributed by atoms with Crippen molar-refractivity contribution in [2.45, 2.75) is 32.1 Å². The lowest BCUT2D eigenvalue weighted by atomic mass is 9.86. The van der Waals surface area contributed by atoms with Gasteiger partial charge in [-0.15, -0.1) is 0 Å². The maximum atomic E-state index is 13.1. The first-order valence-corrected chi connectivity index (χ1v) is 11.5. The number of hydrogen-bond donors (Lipinski definition) is 2. The molecule has 5 rings (SSSR count). The summed E-state index contributed by atoms with van der Waals surface area (Å²) in [4.78, 5) is 16.5. The van der Waals surface area contributed by atoms with Crippen molar-refractivity contribution in [1.82, 2.24) is 10.3 Å². The predicted octanol–water partition coefficient (Wildman–Crippen LogP) is 5.34. The van der Waals surface area contributed by atoms with Gasteiger partial charge in [-0.25, -0.2) is 0 Å². The summed E-state index contributed by atoms with van der Waals surface area (Å²) in [5.74, 6) is 1.34. The summed E-state index contributed by atoms with van der Waals surface area (Å²) in [7, 11) is 0. The summed E-state index contributed by atoms with van der Waals surface area (Å²) in [5.41, 5.74) is 5.69. The van der Waals surface area contributed by atoms with Gasteiger partial charge >= 0.3 is 0 Å². The highest BCUT2D eigenvalue weighted by molar-refractivity contribution is 5.88. The quantitative estimate of drug-likeness (QED) is 0.389. The average molecular weight is 441 g/mol. The first-order valence-electron chi connectivity index (χ1n) is 11.5. The first-order chi connectivity index (χ1) is 16.2. The lowest BCUT2D eigenvalue weighted by molar-refractivity contribution is -0.121. The van der Waals surface area contributed by atoms with E-state index in [2.05, 4.69) is 47.6 Å². The van der Waals surface area contributed by atoms with Crippen LogP contribution in [0.3, 0.4) is 0 Å². The molecule has 1 atom stereocenters. The molecule has 3 aromatic carbocycles. The SMILES string of the molecule is CCc1cccc2c([C@@H](CC(=O)NCCc3ccccc3)c3cccc4c3OCO4)c[nH]c12. The molecule has 0 unspecified atom stereocenters. The number of benzene rings is 3. The third-order valence-electron chi connectivity index (χ3n) is 6.36. The lowest BCUT2D eigenvalue weighted by Gasteiger charge is -2.19. The molecule has 1 aromatic heterocycles. The minimum Gasteiger partial charge on any atom is -0.454 e. The summed E-state index contributed by atoms with van der Waals surface area (Å²) in [6.07, 6.45) is 4.13. The van der Waals surface area contributed by atoms with Gasteiger partial charge in [-0.3, -0.25) is 4.79 Å². The van der Waals surface area contributed by atoms with Crippen LogP contribution in [0, 0.1) is 0 Å². The van der Waals surface area contributed by atoms with Gasteiger partial charge in [-0.1, -0.05) is 67.6 Å². The number of hydrogen-bond acceptors (Lipinski definition) is 3. The molecule has 0 spiro atoms. The van der Waals surface area contributed by atoms with Crippen molar-refractivity contribution in [1.29, 1.82) is 0 Å². The molecule has 4 aromatic rings. The van der Waals surface area contributed by atoms with E-state index in [0.717, 1.165) is 46.4 Å². The van der Waals surface area contributed by atoms with Crippen LogP contribution >= 0.6 is 0 Å². The van der Waals surface area contributed by atoms with E-state index < -0.39 is 0 Å². The smallest absolute Gasteiger partial charge is 0.231 e.